The second kappa shape index (κ2) is 10.7. The smallest absolute Gasteiger partial charge is 0.256 e. The lowest BCUT2D eigenvalue weighted by Gasteiger charge is -2.15. The molecule has 2 rings (SSSR count). The van der Waals surface area contributed by atoms with E-state index in [1.807, 2.05) is 30.3 Å². The van der Waals surface area contributed by atoms with E-state index in [-0.39, 0.29) is 5.91 Å². The number of hydrogen-bond acceptors (Lipinski definition) is 4. The highest BCUT2D eigenvalue weighted by molar-refractivity contribution is 6.83. The molecule has 2 aromatic carbocycles. The Balaban J connectivity index is 2.10. The molecule has 2 aromatic rings. The first kappa shape index (κ1) is 22.5. The van der Waals surface area contributed by atoms with Gasteiger partial charge in [-0.25, -0.2) is 0 Å². The first-order valence-electron chi connectivity index (χ1n) is 9.53. The first-order valence-corrected chi connectivity index (χ1v) is 13.0. The summed E-state index contributed by atoms with van der Waals surface area (Å²) in [6.07, 6.45) is 0. The predicted octanol–water partition coefficient (Wildman–Crippen LogP) is 3.88. The van der Waals surface area contributed by atoms with E-state index in [0.717, 1.165) is 5.56 Å². The number of hydrogen-bond donors (Lipinski definition) is 1. The number of methoxy groups -OCH3 is 2. The normalized spacial score (nSPS) is 10.7. The van der Waals surface area contributed by atoms with Gasteiger partial charge in [0.15, 0.2) is 11.5 Å². The van der Waals surface area contributed by atoms with Crippen molar-refractivity contribution in [3.8, 4) is 23.0 Å². The van der Waals surface area contributed by atoms with Crippen LogP contribution in [0.1, 0.15) is 21.5 Å². The Morgan fingerprint density at radius 1 is 1.03 bits per heavy atom. The third kappa shape index (κ3) is 6.97. The lowest BCUT2D eigenvalue weighted by Crippen LogP contribution is -2.28. The van der Waals surface area contributed by atoms with Crippen LogP contribution in [0.3, 0.4) is 0 Å². The van der Waals surface area contributed by atoms with Crippen molar-refractivity contribution < 1.29 is 19.0 Å². The van der Waals surface area contributed by atoms with E-state index in [4.69, 9.17) is 14.2 Å². The summed E-state index contributed by atoms with van der Waals surface area (Å²) < 4.78 is 16.5. The molecule has 0 aliphatic rings. The van der Waals surface area contributed by atoms with Crippen LogP contribution in [0.25, 0.3) is 0 Å². The van der Waals surface area contributed by atoms with Gasteiger partial charge in [-0.1, -0.05) is 55.9 Å². The minimum Gasteiger partial charge on any atom is -0.493 e. The predicted molar refractivity (Wildman–Crippen MR) is 118 cm³/mol. The Kier molecular flexibility index (Phi) is 8.31. The molecule has 0 aliphatic carbocycles. The van der Waals surface area contributed by atoms with Crippen LogP contribution in [0.15, 0.2) is 42.5 Å². The number of carbonyl (C=O) groups is 1. The summed E-state index contributed by atoms with van der Waals surface area (Å²) in [4.78, 5) is 12.9. The van der Waals surface area contributed by atoms with Crippen LogP contribution < -0.4 is 14.8 Å². The minimum absolute atomic E-state index is 0.260. The molecule has 0 saturated carbocycles. The van der Waals surface area contributed by atoms with Gasteiger partial charge in [-0.15, -0.1) is 5.54 Å². The van der Waals surface area contributed by atoms with Gasteiger partial charge < -0.3 is 19.5 Å². The van der Waals surface area contributed by atoms with E-state index in [0.29, 0.717) is 42.4 Å². The SMILES string of the molecule is COc1ccc(C#C[Si](C)(C)C)c(C(=O)NCCOCc2ccccc2)c1OC. The van der Waals surface area contributed by atoms with Gasteiger partial charge in [0.1, 0.15) is 13.6 Å². The summed E-state index contributed by atoms with van der Waals surface area (Å²) in [6, 6.07) is 13.5. The molecule has 0 unspecified atom stereocenters. The average molecular weight is 412 g/mol. The molecule has 1 N–H and O–H groups in total. The van der Waals surface area contributed by atoms with Crippen LogP contribution in [0.2, 0.25) is 19.6 Å². The molecule has 0 saturated heterocycles. The number of ether oxygens (including phenoxy) is 3. The van der Waals surface area contributed by atoms with Crippen molar-refractivity contribution >= 4 is 14.0 Å². The van der Waals surface area contributed by atoms with Gasteiger partial charge in [0.05, 0.1) is 27.4 Å². The van der Waals surface area contributed by atoms with Crippen molar-refractivity contribution in [2.24, 2.45) is 0 Å². The quantitative estimate of drug-likeness (QED) is 0.407. The topological polar surface area (TPSA) is 56.8 Å². The van der Waals surface area contributed by atoms with Gasteiger partial charge in [0.25, 0.3) is 5.91 Å². The monoisotopic (exact) mass is 411 g/mol. The fourth-order valence-electron chi connectivity index (χ4n) is 2.60. The van der Waals surface area contributed by atoms with Crippen molar-refractivity contribution in [2.75, 3.05) is 27.4 Å². The number of amides is 1. The molecule has 6 heteroatoms. The Labute approximate surface area is 174 Å². The Hall–Kier alpha value is -2.75. The van der Waals surface area contributed by atoms with Gasteiger partial charge in [0, 0.05) is 12.1 Å². The van der Waals surface area contributed by atoms with Crippen LogP contribution in [-0.2, 0) is 11.3 Å². The summed E-state index contributed by atoms with van der Waals surface area (Å²) in [5.41, 5.74) is 5.42. The van der Waals surface area contributed by atoms with Crippen molar-refractivity contribution in [1.82, 2.24) is 5.32 Å². The Morgan fingerprint density at radius 2 is 1.76 bits per heavy atom. The summed E-state index contributed by atoms with van der Waals surface area (Å²) >= 11 is 0. The summed E-state index contributed by atoms with van der Waals surface area (Å²) in [5.74, 6) is 3.79. The molecule has 0 heterocycles. The lowest BCUT2D eigenvalue weighted by molar-refractivity contribution is 0.0897. The number of carbonyl (C=O) groups excluding carboxylic acids is 1. The zero-order chi connectivity index (χ0) is 21.3. The second-order valence-corrected chi connectivity index (χ2v) is 12.3. The third-order valence-electron chi connectivity index (χ3n) is 3.99. The van der Waals surface area contributed by atoms with E-state index in [9.17, 15) is 4.79 Å². The van der Waals surface area contributed by atoms with E-state index < -0.39 is 8.07 Å². The van der Waals surface area contributed by atoms with E-state index in [1.54, 1.807) is 19.2 Å². The van der Waals surface area contributed by atoms with E-state index in [1.165, 1.54) is 7.11 Å². The molecule has 0 atom stereocenters. The van der Waals surface area contributed by atoms with Crippen LogP contribution >= 0.6 is 0 Å². The van der Waals surface area contributed by atoms with Crippen LogP contribution in [0.5, 0.6) is 11.5 Å². The van der Waals surface area contributed by atoms with Gasteiger partial charge in [-0.3, -0.25) is 4.79 Å². The van der Waals surface area contributed by atoms with Gasteiger partial charge in [-0.05, 0) is 17.7 Å². The van der Waals surface area contributed by atoms with E-state index in [2.05, 4.69) is 36.4 Å². The molecule has 29 heavy (non-hydrogen) atoms. The molecular formula is C23H29NO4Si. The number of benzene rings is 2. The first-order chi connectivity index (χ1) is 13.9. The zero-order valence-corrected chi connectivity index (χ0v) is 18.8. The average Bonchev–Trinajstić information content (AvgIpc) is 2.71. The van der Waals surface area contributed by atoms with E-state index >= 15 is 0 Å². The molecule has 154 valence electrons. The molecule has 1 amide bonds. The standard InChI is InChI=1S/C23H29NO4Si/c1-26-20-12-11-19(13-16-29(3,4)5)21(22(20)27-2)23(25)24-14-15-28-17-18-9-7-6-8-10-18/h6-12H,14-15,17H2,1-5H3,(H,24,25). The lowest BCUT2D eigenvalue weighted by atomic mass is 10.1. The van der Waals surface area contributed by atoms with Crippen molar-refractivity contribution in [3.05, 3.63) is 59.2 Å². The maximum Gasteiger partial charge on any atom is 0.256 e. The molecule has 0 spiro atoms. The molecule has 0 radical (unpaired) electrons. The Bertz CT molecular complexity index is 879. The van der Waals surface area contributed by atoms with Crippen molar-refractivity contribution in [2.45, 2.75) is 26.2 Å². The highest BCUT2D eigenvalue weighted by Gasteiger charge is 2.21. The van der Waals surface area contributed by atoms with Crippen molar-refractivity contribution in [3.63, 3.8) is 0 Å². The third-order valence-corrected chi connectivity index (χ3v) is 4.86. The number of rotatable bonds is 8. The molecule has 5 nitrogen and oxygen atoms in total. The largest absolute Gasteiger partial charge is 0.493 e. The summed E-state index contributed by atoms with van der Waals surface area (Å²) in [6.45, 7) is 7.77. The molecule has 0 fully saturated rings. The van der Waals surface area contributed by atoms with Crippen LogP contribution in [-0.4, -0.2) is 41.4 Å². The summed E-state index contributed by atoms with van der Waals surface area (Å²) in [7, 11) is 1.47. The fourth-order valence-corrected chi connectivity index (χ4v) is 3.11. The fraction of sp³-hybridized carbons (Fsp3) is 0.348. The minimum atomic E-state index is -1.60. The highest BCUT2D eigenvalue weighted by atomic mass is 28.3. The Morgan fingerprint density at radius 3 is 2.38 bits per heavy atom. The van der Waals surface area contributed by atoms with Gasteiger partial charge in [0.2, 0.25) is 0 Å². The maximum atomic E-state index is 12.9. The molecule has 0 aromatic heterocycles. The van der Waals surface area contributed by atoms with Crippen molar-refractivity contribution in [1.29, 1.82) is 0 Å². The molecule has 0 aliphatic heterocycles. The van der Waals surface area contributed by atoms with Gasteiger partial charge in [-0.2, -0.15) is 0 Å². The van der Waals surface area contributed by atoms with Crippen LogP contribution in [0, 0.1) is 11.5 Å². The highest BCUT2D eigenvalue weighted by Crippen LogP contribution is 2.33. The summed E-state index contributed by atoms with van der Waals surface area (Å²) in [5, 5.41) is 2.89. The second-order valence-electron chi connectivity index (χ2n) is 7.52. The van der Waals surface area contributed by atoms with Crippen LogP contribution in [0.4, 0.5) is 0 Å². The zero-order valence-electron chi connectivity index (χ0n) is 17.8. The maximum absolute atomic E-state index is 12.9. The molecular weight excluding hydrogens is 382 g/mol. The number of nitrogens with one attached hydrogen (secondary N) is 1. The van der Waals surface area contributed by atoms with Gasteiger partial charge >= 0.3 is 0 Å². The molecule has 0 bridgehead atoms.